The van der Waals surface area contributed by atoms with Gasteiger partial charge >= 0.3 is 6.18 Å². The summed E-state index contributed by atoms with van der Waals surface area (Å²) in [5, 5.41) is 8.57. The molecule has 0 aromatic carbocycles. The highest BCUT2D eigenvalue weighted by atomic mass is 19.4. The normalized spacial score (nSPS) is 18.5. The highest BCUT2D eigenvalue weighted by molar-refractivity contribution is 4.80. The van der Waals surface area contributed by atoms with Crippen LogP contribution < -0.4 is 5.73 Å². The molecule has 0 unspecified atom stereocenters. The number of alkyl halides is 3. The van der Waals surface area contributed by atoms with Crippen molar-refractivity contribution in [2.75, 3.05) is 0 Å². The molecule has 2 atom stereocenters. The Morgan fingerprint density at radius 3 is 1.73 bits per heavy atom. The first-order valence-corrected chi connectivity index (χ1v) is 3.27. The maximum absolute atomic E-state index is 11.7. The van der Waals surface area contributed by atoms with Crippen molar-refractivity contribution in [2.24, 2.45) is 11.7 Å². The molecule has 0 saturated heterocycles. The first kappa shape index (κ1) is 10.7. The minimum Gasteiger partial charge on any atom is -0.382 e. The van der Waals surface area contributed by atoms with Crippen LogP contribution in [0.25, 0.3) is 0 Å². The number of hydrogen-bond donors (Lipinski definition) is 2. The van der Waals surface area contributed by atoms with Gasteiger partial charge in [0.1, 0.15) is 0 Å². The number of aliphatic hydroxyl groups excluding tert-OH is 1. The van der Waals surface area contributed by atoms with E-state index in [-0.39, 0.29) is 5.92 Å². The highest BCUT2D eigenvalue weighted by Crippen LogP contribution is 2.23. The average Bonchev–Trinajstić information content (AvgIpc) is 1.82. The highest BCUT2D eigenvalue weighted by Gasteiger charge is 2.42. The van der Waals surface area contributed by atoms with Crippen molar-refractivity contribution in [1.82, 2.24) is 0 Å². The maximum atomic E-state index is 11.7. The maximum Gasteiger partial charge on any atom is 0.415 e. The van der Waals surface area contributed by atoms with Crippen molar-refractivity contribution in [3.63, 3.8) is 0 Å². The molecule has 0 aliphatic carbocycles. The van der Waals surface area contributed by atoms with Crippen molar-refractivity contribution in [3.8, 4) is 0 Å². The second kappa shape index (κ2) is 3.40. The fourth-order valence-electron chi connectivity index (χ4n) is 0.583. The van der Waals surface area contributed by atoms with Crippen LogP contribution in [0.3, 0.4) is 0 Å². The molecule has 11 heavy (non-hydrogen) atoms. The van der Waals surface area contributed by atoms with Crippen LogP contribution in [0.5, 0.6) is 0 Å². The third-order valence-electron chi connectivity index (χ3n) is 1.47. The van der Waals surface area contributed by atoms with Gasteiger partial charge in [0.15, 0.2) is 6.10 Å². The van der Waals surface area contributed by atoms with Crippen LogP contribution >= 0.6 is 0 Å². The van der Waals surface area contributed by atoms with Crippen LogP contribution in [0, 0.1) is 5.92 Å². The summed E-state index contributed by atoms with van der Waals surface area (Å²) in [6.45, 7) is 3.05. The Labute approximate surface area is 63.2 Å². The molecule has 0 amide bonds. The molecule has 0 saturated carbocycles. The minimum atomic E-state index is -4.61. The molecule has 0 fully saturated rings. The lowest BCUT2D eigenvalue weighted by molar-refractivity contribution is -0.212. The van der Waals surface area contributed by atoms with Crippen molar-refractivity contribution in [2.45, 2.75) is 32.2 Å². The van der Waals surface area contributed by atoms with Crippen LogP contribution in [-0.4, -0.2) is 23.4 Å². The summed E-state index contributed by atoms with van der Waals surface area (Å²) in [7, 11) is 0. The van der Waals surface area contributed by atoms with E-state index in [1.54, 1.807) is 0 Å². The fourth-order valence-corrected chi connectivity index (χ4v) is 0.583. The zero-order chi connectivity index (χ0) is 9.23. The molecule has 0 heterocycles. The van der Waals surface area contributed by atoms with Crippen molar-refractivity contribution >= 4 is 0 Å². The quantitative estimate of drug-likeness (QED) is 0.648. The molecule has 3 N–H and O–H groups in total. The van der Waals surface area contributed by atoms with Crippen LogP contribution in [-0.2, 0) is 0 Å². The van der Waals surface area contributed by atoms with E-state index >= 15 is 0 Å². The Bertz CT molecular complexity index is 123. The van der Waals surface area contributed by atoms with E-state index in [0.29, 0.717) is 0 Å². The average molecular weight is 171 g/mol. The van der Waals surface area contributed by atoms with Gasteiger partial charge in [0.2, 0.25) is 0 Å². The Kier molecular flexibility index (Phi) is 3.31. The minimum absolute atomic E-state index is 0.383. The summed E-state index contributed by atoms with van der Waals surface area (Å²) in [4.78, 5) is 0. The Morgan fingerprint density at radius 2 is 1.64 bits per heavy atom. The predicted molar refractivity (Wildman–Crippen MR) is 34.9 cm³/mol. The zero-order valence-corrected chi connectivity index (χ0v) is 6.39. The van der Waals surface area contributed by atoms with Gasteiger partial charge in [0.25, 0.3) is 0 Å². The van der Waals surface area contributed by atoms with E-state index < -0.39 is 18.3 Å². The smallest absolute Gasteiger partial charge is 0.382 e. The molecule has 0 radical (unpaired) electrons. The van der Waals surface area contributed by atoms with Crippen molar-refractivity contribution in [3.05, 3.63) is 0 Å². The molecule has 0 spiro atoms. The van der Waals surface area contributed by atoms with Gasteiger partial charge in [-0.3, -0.25) is 0 Å². The number of aliphatic hydroxyl groups is 1. The summed E-state index contributed by atoms with van der Waals surface area (Å²) in [6, 6.07) is -1.24. The van der Waals surface area contributed by atoms with E-state index in [9.17, 15) is 13.2 Å². The molecule has 0 aliphatic rings. The third-order valence-corrected chi connectivity index (χ3v) is 1.47. The van der Waals surface area contributed by atoms with Gasteiger partial charge in [-0.2, -0.15) is 13.2 Å². The van der Waals surface area contributed by atoms with Crippen LogP contribution in [0.2, 0.25) is 0 Å². The molecule has 0 rings (SSSR count). The molecule has 5 heteroatoms. The number of hydrogen-bond acceptors (Lipinski definition) is 2. The van der Waals surface area contributed by atoms with E-state index in [0.717, 1.165) is 0 Å². The molecule has 0 aromatic rings. The van der Waals surface area contributed by atoms with Gasteiger partial charge in [-0.15, -0.1) is 0 Å². The zero-order valence-electron chi connectivity index (χ0n) is 6.39. The standard InChI is InChI=1S/C6H12F3NO/c1-3(2)4(10)5(11)6(7,8)9/h3-5,11H,10H2,1-2H3/t4-,5-/m0/s1. The van der Waals surface area contributed by atoms with Crippen molar-refractivity contribution < 1.29 is 18.3 Å². The SMILES string of the molecule is CC(C)[C@H](N)[C@H](O)C(F)(F)F. The summed E-state index contributed by atoms with van der Waals surface area (Å²) in [5.74, 6) is -0.383. The summed E-state index contributed by atoms with van der Waals surface area (Å²) in [5.41, 5.74) is 5.08. The molecular formula is C6H12F3NO. The largest absolute Gasteiger partial charge is 0.415 e. The molecule has 0 aliphatic heterocycles. The lowest BCUT2D eigenvalue weighted by atomic mass is 9.99. The van der Waals surface area contributed by atoms with Gasteiger partial charge in [-0.25, -0.2) is 0 Å². The summed E-state index contributed by atoms with van der Waals surface area (Å²) < 4.78 is 35.2. The summed E-state index contributed by atoms with van der Waals surface area (Å²) in [6.07, 6.45) is -7.02. The van der Waals surface area contributed by atoms with E-state index in [1.807, 2.05) is 0 Å². The van der Waals surface area contributed by atoms with Gasteiger partial charge in [-0.05, 0) is 5.92 Å². The van der Waals surface area contributed by atoms with Crippen molar-refractivity contribution in [1.29, 1.82) is 0 Å². The second-order valence-corrected chi connectivity index (χ2v) is 2.81. The van der Waals surface area contributed by atoms with E-state index in [2.05, 4.69) is 0 Å². The van der Waals surface area contributed by atoms with Crippen LogP contribution in [0.4, 0.5) is 13.2 Å². The number of rotatable bonds is 2. The van der Waals surface area contributed by atoms with Crippen LogP contribution in [0.1, 0.15) is 13.8 Å². The first-order valence-electron chi connectivity index (χ1n) is 3.27. The first-order chi connectivity index (χ1) is 4.76. The van der Waals surface area contributed by atoms with Gasteiger partial charge < -0.3 is 10.8 Å². The van der Waals surface area contributed by atoms with Gasteiger partial charge in [0.05, 0.1) is 0 Å². The van der Waals surface area contributed by atoms with Gasteiger partial charge in [0, 0.05) is 6.04 Å². The molecule has 0 bridgehead atoms. The molecule has 2 nitrogen and oxygen atoms in total. The Hall–Kier alpha value is -0.290. The predicted octanol–water partition coefficient (Wildman–Crippen LogP) is 0.893. The third kappa shape index (κ3) is 3.07. The molecule has 0 aromatic heterocycles. The van der Waals surface area contributed by atoms with E-state index in [4.69, 9.17) is 10.8 Å². The fraction of sp³-hybridized carbons (Fsp3) is 1.00. The number of nitrogens with two attached hydrogens (primary N) is 1. The lowest BCUT2D eigenvalue weighted by Gasteiger charge is -2.23. The van der Waals surface area contributed by atoms with E-state index in [1.165, 1.54) is 13.8 Å². The van der Waals surface area contributed by atoms with Gasteiger partial charge in [-0.1, -0.05) is 13.8 Å². The molecule has 68 valence electrons. The Balaban J connectivity index is 4.13. The Morgan fingerprint density at radius 1 is 1.27 bits per heavy atom. The number of halogens is 3. The molecular weight excluding hydrogens is 159 g/mol. The monoisotopic (exact) mass is 171 g/mol. The summed E-state index contributed by atoms with van der Waals surface area (Å²) >= 11 is 0. The van der Waals surface area contributed by atoms with Crippen LogP contribution in [0.15, 0.2) is 0 Å². The second-order valence-electron chi connectivity index (χ2n) is 2.81. The lowest BCUT2D eigenvalue weighted by Crippen LogP contribution is -2.47. The topological polar surface area (TPSA) is 46.2 Å².